The van der Waals surface area contributed by atoms with E-state index in [1.165, 1.54) is 19.3 Å². The van der Waals surface area contributed by atoms with Gasteiger partial charge >= 0.3 is 5.97 Å². The molecule has 0 aliphatic heterocycles. The summed E-state index contributed by atoms with van der Waals surface area (Å²) < 4.78 is 4.64. The van der Waals surface area contributed by atoms with Gasteiger partial charge < -0.3 is 10.5 Å². The van der Waals surface area contributed by atoms with E-state index in [-0.39, 0.29) is 5.82 Å². The van der Waals surface area contributed by atoms with Gasteiger partial charge in [0.2, 0.25) is 0 Å². The minimum absolute atomic E-state index is 0.200. The third-order valence-corrected chi connectivity index (χ3v) is 4.80. The van der Waals surface area contributed by atoms with Crippen molar-refractivity contribution in [3.63, 3.8) is 0 Å². The van der Waals surface area contributed by atoms with Gasteiger partial charge in [-0.2, -0.15) is 0 Å². The van der Waals surface area contributed by atoms with Gasteiger partial charge in [0.1, 0.15) is 11.5 Å². The van der Waals surface area contributed by atoms with E-state index < -0.39 is 5.97 Å². The highest BCUT2D eigenvalue weighted by Crippen LogP contribution is 2.35. The van der Waals surface area contributed by atoms with E-state index in [4.69, 9.17) is 22.3 Å². The van der Waals surface area contributed by atoms with Crippen molar-refractivity contribution in [3.8, 4) is 22.5 Å². The maximum Gasteiger partial charge on any atom is 0.330 e. The van der Waals surface area contributed by atoms with Crippen LogP contribution in [0.4, 0.5) is 5.82 Å². The molecule has 0 atom stereocenters. The van der Waals surface area contributed by atoms with Crippen molar-refractivity contribution in [2.24, 2.45) is 0 Å². The topological polar surface area (TPSA) is 91.0 Å². The van der Waals surface area contributed by atoms with Crippen LogP contribution in [0.1, 0.15) is 5.69 Å². The van der Waals surface area contributed by atoms with Gasteiger partial charge in [-0.3, -0.25) is 4.98 Å². The molecule has 2 aromatic carbocycles. The highest BCUT2D eigenvalue weighted by Gasteiger charge is 2.16. The van der Waals surface area contributed by atoms with Crippen LogP contribution in [-0.2, 0) is 9.53 Å². The largest absolute Gasteiger partial charge is 0.466 e. The average Bonchev–Trinajstić information content (AvgIpc) is 2.78. The minimum Gasteiger partial charge on any atom is -0.466 e. The average molecular weight is 417 g/mol. The predicted molar refractivity (Wildman–Crippen MR) is 119 cm³/mol. The van der Waals surface area contributed by atoms with E-state index in [0.29, 0.717) is 27.6 Å². The molecular formula is C23H17ClN4O2. The Morgan fingerprint density at radius 1 is 1.03 bits per heavy atom. The van der Waals surface area contributed by atoms with Gasteiger partial charge in [0.05, 0.1) is 29.0 Å². The molecule has 6 nitrogen and oxygen atoms in total. The molecule has 7 heteroatoms. The summed E-state index contributed by atoms with van der Waals surface area (Å²) in [6, 6.07) is 17.2. The maximum atomic E-state index is 11.5. The molecule has 4 aromatic rings. The Morgan fingerprint density at radius 2 is 1.80 bits per heavy atom. The van der Waals surface area contributed by atoms with Crippen LogP contribution in [0, 0.1) is 0 Å². The number of hydrogen-bond acceptors (Lipinski definition) is 6. The molecule has 0 saturated heterocycles. The molecule has 2 N–H and O–H groups in total. The lowest BCUT2D eigenvalue weighted by Crippen LogP contribution is -2.03. The zero-order valence-corrected chi connectivity index (χ0v) is 16.8. The van der Waals surface area contributed by atoms with Gasteiger partial charge in [0.25, 0.3) is 0 Å². The Hall–Kier alpha value is -3.77. The van der Waals surface area contributed by atoms with Gasteiger partial charge in [0.15, 0.2) is 0 Å². The predicted octanol–water partition coefficient (Wildman–Crippen LogP) is 4.78. The number of esters is 1. The molecule has 148 valence electrons. The number of rotatable bonds is 4. The number of pyridine rings is 1. The number of benzene rings is 2. The van der Waals surface area contributed by atoms with Crippen LogP contribution in [0.15, 0.2) is 66.9 Å². The maximum absolute atomic E-state index is 11.5. The number of carbonyl (C=O) groups excluding carboxylic acids is 1. The quantitative estimate of drug-likeness (QED) is 0.380. The Balaban J connectivity index is 1.96. The smallest absolute Gasteiger partial charge is 0.330 e. The second kappa shape index (κ2) is 8.31. The molecule has 2 aromatic heterocycles. The molecule has 0 radical (unpaired) electrons. The van der Waals surface area contributed by atoms with E-state index in [2.05, 4.69) is 14.7 Å². The number of fused-ring (bicyclic) bond motifs is 1. The number of nitrogen functional groups attached to an aromatic ring is 1. The lowest BCUT2D eigenvalue weighted by Gasteiger charge is -2.13. The van der Waals surface area contributed by atoms with Crippen molar-refractivity contribution in [1.29, 1.82) is 0 Å². The summed E-state index contributed by atoms with van der Waals surface area (Å²) in [5.41, 5.74) is 10.0. The molecule has 0 bridgehead atoms. The standard InChI is InChI=1S/C23H17ClN4O2/c1-30-19(29)10-9-18-23(25)28-21(14-6-3-2-4-7-14)22(27-18)16-12-15-8-5-11-26-20(15)17(24)13-16/h2-13H,1H3,(H2,25,28)/b10-9+. The first kappa shape index (κ1) is 19.5. The molecule has 0 aliphatic rings. The van der Waals surface area contributed by atoms with Crippen molar-refractivity contribution in [2.75, 3.05) is 12.8 Å². The van der Waals surface area contributed by atoms with Crippen LogP contribution in [0.25, 0.3) is 39.5 Å². The van der Waals surface area contributed by atoms with Gasteiger partial charge in [-0.25, -0.2) is 14.8 Å². The minimum atomic E-state index is -0.510. The summed E-state index contributed by atoms with van der Waals surface area (Å²) in [5.74, 6) is -0.309. The molecule has 0 amide bonds. The van der Waals surface area contributed by atoms with Crippen LogP contribution < -0.4 is 5.73 Å². The Bertz CT molecular complexity index is 1270. The Labute approximate surface area is 178 Å². The molecule has 0 spiro atoms. The summed E-state index contributed by atoms with van der Waals surface area (Å²) >= 11 is 6.49. The van der Waals surface area contributed by atoms with Crippen LogP contribution in [0.5, 0.6) is 0 Å². The third kappa shape index (κ3) is 3.86. The van der Waals surface area contributed by atoms with Gasteiger partial charge in [-0.15, -0.1) is 0 Å². The van der Waals surface area contributed by atoms with Gasteiger partial charge in [0, 0.05) is 28.8 Å². The summed E-state index contributed by atoms with van der Waals surface area (Å²) in [5, 5.41) is 1.39. The lowest BCUT2D eigenvalue weighted by atomic mass is 10.0. The summed E-state index contributed by atoms with van der Waals surface area (Å²) in [6.45, 7) is 0. The van der Waals surface area contributed by atoms with Crippen molar-refractivity contribution in [2.45, 2.75) is 0 Å². The molecule has 0 fully saturated rings. The molecule has 0 saturated carbocycles. The Kier molecular flexibility index (Phi) is 5.41. The molecular weight excluding hydrogens is 400 g/mol. The number of nitrogens with two attached hydrogens (primary N) is 1. The van der Waals surface area contributed by atoms with Crippen LogP contribution in [0.2, 0.25) is 5.02 Å². The van der Waals surface area contributed by atoms with Crippen LogP contribution in [0.3, 0.4) is 0 Å². The monoisotopic (exact) mass is 416 g/mol. The van der Waals surface area contributed by atoms with Crippen molar-refractivity contribution < 1.29 is 9.53 Å². The SMILES string of the molecule is COC(=O)/C=C/c1nc(-c2cc(Cl)c3ncccc3c2)c(-c2ccccc2)nc1N. The molecule has 2 heterocycles. The zero-order chi connectivity index (χ0) is 21.1. The first-order valence-corrected chi connectivity index (χ1v) is 9.48. The van der Waals surface area contributed by atoms with E-state index in [9.17, 15) is 4.79 Å². The summed E-state index contributed by atoms with van der Waals surface area (Å²) in [4.78, 5) is 25.1. The lowest BCUT2D eigenvalue weighted by molar-refractivity contribution is -0.134. The third-order valence-electron chi connectivity index (χ3n) is 4.51. The summed E-state index contributed by atoms with van der Waals surface area (Å²) in [6.07, 6.45) is 4.43. The van der Waals surface area contributed by atoms with Crippen LogP contribution >= 0.6 is 11.6 Å². The number of ether oxygens (including phenoxy) is 1. The number of carbonyl (C=O) groups is 1. The molecule has 0 unspecified atom stereocenters. The van der Waals surface area contributed by atoms with E-state index >= 15 is 0 Å². The molecule has 30 heavy (non-hydrogen) atoms. The number of nitrogens with zero attached hydrogens (tertiary/aromatic N) is 3. The Morgan fingerprint density at radius 3 is 2.57 bits per heavy atom. The second-order valence-corrected chi connectivity index (χ2v) is 6.85. The van der Waals surface area contributed by atoms with E-state index in [1.807, 2.05) is 48.5 Å². The first-order chi connectivity index (χ1) is 14.6. The van der Waals surface area contributed by atoms with E-state index in [0.717, 1.165) is 16.5 Å². The fourth-order valence-electron chi connectivity index (χ4n) is 3.08. The number of aromatic nitrogens is 3. The highest BCUT2D eigenvalue weighted by molar-refractivity contribution is 6.35. The van der Waals surface area contributed by atoms with Gasteiger partial charge in [-0.05, 0) is 24.3 Å². The summed E-state index contributed by atoms with van der Waals surface area (Å²) in [7, 11) is 1.30. The second-order valence-electron chi connectivity index (χ2n) is 6.45. The van der Waals surface area contributed by atoms with E-state index in [1.54, 1.807) is 12.3 Å². The fraction of sp³-hybridized carbons (Fsp3) is 0.0435. The van der Waals surface area contributed by atoms with Crippen molar-refractivity contribution >= 4 is 40.4 Å². The number of methoxy groups -OCH3 is 1. The normalized spacial score (nSPS) is 11.1. The van der Waals surface area contributed by atoms with Crippen LogP contribution in [-0.4, -0.2) is 28.0 Å². The van der Waals surface area contributed by atoms with Crippen molar-refractivity contribution in [1.82, 2.24) is 15.0 Å². The first-order valence-electron chi connectivity index (χ1n) is 9.10. The zero-order valence-electron chi connectivity index (χ0n) is 16.0. The highest BCUT2D eigenvalue weighted by atomic mass is 35.5. The van der Waals surface area contributed by atoms with Gasteiger partial charge in [-0.1, -0.05) is 48.0 Å². The van der Waals surface area contributed by atoms with Crippen molar-refractivity contribution in [3.05, 3.63) is 77.6 Å². The number of halogens is 1. The number of hydrogen-bond donors (Lipinski definition) is 1. The molecule has 0 aliphatic carbocycles. The molecule has 4 rings (SSSR count). The number of anilines is 1. The fourth-order valence-corrected chi connectivity index (χ4v) is 3.36.